The van der Waals surface area contributed by atoms with Gasteiger partial charge in [-0.2, -0.15) is 0 Å². The highest BCUT2D eigenvalue weighted by molar-refractivity contribution is 6.25. The molecule has 0 aliphatic rings. The van der Waals surface area contributed by atoms with Crippen molar-refractivity contribution in [3.63, 3.8) is 0 Å². The standard InChI is InChI=1S/C2H4O5Si/c1-2-5-7-8(4)6-3/h2-3H,1H2. The molecule has 0 rings (SSSR count). The molecule has 0 aromatic carbocycles. The average molecular weight is 136 g/mol. The molecule has 0 aliphatic heterocycles. The highest BCUT2D eigenvalue weighted by Crippen LogP contribution is 1.77. The van der Waals surface area contributed by atoms with Gasteiger partial charge in [-0.3, -0.25) is 9.04 Å². The fourth-order valence-corrected chi connectivity index (χ4v) is 0.266. The third-order valence-corrected chi connectivity index (χ3v) is 0.640. The Morgan fingerprint density at radius 3 is 2.75 bits per heavy atom. The first-order chi connectivity index (χ1) is 3.81. The lowest BCUT2D eigenvalue weighted by Crippen LogP contribution is -2.07. The van der Waals surface area contributed by atoms with Crippen molar-refractivity contribution in [2.45, 2.75) is 0 Å². The topological polar surface area (TPSA) is 65.0 Å². The van der Waals surface area contributed by atoms with Crippen LogP contribution in [-0.2, 0) is 18.5 Å². The molecule has 1 N–H and O–H groups in total. The van der Waals surface area contributed by atoms with Gasteiger partial charge in [0.1, 0.15) is 6.26 Å². The minimum atomic E-state index is -2.88. The number of hydrogen-bond acceptors (Lipinski definition) is 5. The van der Waals surface area contributed by atoms with Crippen molar-refractivity contribution < 1.29 is 23.8 Å². The van der Waals surface area contributed by atoms with Crippen LogP contribution in [0.4, 0.5) is 0 Å². The summed E-state index contributed by atoms with van der Waals surface area (Å²) in [6.07, 6.45) is 0.904. The smallest absolute Gasteiger partial charge is 0.329 e. The van der Waals surface area contributed by atoms with E-state index in [1.54, 1.807) is 0 Å². The van der Waals surface area contributed by atoms with Gasteiger partial charge in [0.15, 0.2) is 0 Å². The second-order valence-corrected chi connectivity index (χ2v) is 1.54. The first-order valence-electron chi connectivity index (χ1n) is 1.61. The van der Waals surface area contributed by atoms with Crippen LogP contribution in [0.1, 0.15) is 0 Å². The first-order valence-corrected chi connectivity index (χ1v) is 2.83. The minimum Gasteiger partial charge on any atom is -0.329 e. The molecule has 0 fully saturated rings. The molecular formula is C2H4O5Si. The summed E-state index contributed by atoms with van der Waals surface area (Å²) in [5, 5.41) is 7.55. The maximum atomic E-state index is 9.89. The quantitative estimate of drug-likeness (QED) is 0.255. The van der Waals surface area contributed by atoms with Gasteiger partial charge in [-0.05, 0) is 0 Å². The average Bonchev–Trinajstić information content (AvgIpc) is 1.83. The molecule has 0 aromatic heterocycles. The Kier molecular flexibility index (Phi) is 3.81. The molecule has 46 valence electrons. The van der Waals surface area contributed by atoms with Crippen LogP contribution in [0.25, 0.3) is 0 Å². The summed E-state index contributed by atoms with van der Waals surface area (Å²) in [7, 11) is -2.88. The van der Waals surface area contributed by atoms with Crippen LogP contribution in [0.2, 0.25) is 0 Å². The van der Waals surface area contributed by atoms with Crippen molar-refractivity contribution in [2.24, 2.45) is 0 Å². The van der Waals surface area contributed by atoms with E-state index in [9.17, 15) is 4.46 Å². The highest BCUT2D eigenvalue weighted by atomic mass is 28.3. The molecule has 0 spiro atoms. The van der Waals surface area contributed by atoms with Crippen molar-refractivity contribution in [3.05, 3.63) is 12.8 Å². The molecule has 0 heterocycles. The predicted octanol–water partition coefficient (Wildman–Crippen LogP) is -0.0169. The van der Waals surface area contributed by atoms with E-state index in [4.69, 9.17) is 5.26 Å². The summed E-state index contributed by atoms with van der Waals surface area (Å²) in [4.78, 5) is 3.90. The van der Waals surface area contributed by atoms with Crippen LogP contribution in [0, 0.1) is 0 Å². The molecule has 6 heteroatoms. The normalized spacial score (nSPS) is 7.12. The summed E-state index contributed by atoms with van der Waals surface area (Å²) >= 11 is 0. The van der Waals surface area contributed by atoms with Gasteiger partial charge >= 0.3 is 9.17 Å². The fourth-order valence-electron chi connectivity index (χ4n) is 0.0885. The van der Waals surface area contributed by atoms with Gasteiger partial charge in [-0.15, -0.1) is 0 Å². The van der Waals surface area contributed by atoms with Crippen molar-refractivity contribution in [2.75, 3.05) is 0 Å². The number of rotatable bonds is 4. The van der Waals surface area contributed by atoms with Crippen LogP contribution < -0.4 is 0 Å². The predicted molar refractivity (Wildman–Crippen MR) is 22.5 cm³/mol. The van der Waals surface area contributed by atoms with Gasteiger partial charge < -0.3 is 9.46 Å². The van der Waals surface area contributed by atoms with E-state index >= 15 is 0 Å². The molecule has 5 nitrogen and oxygen atoms in total. The van der Waals surface area contributed by atoms with Gasteiger partial charge in [0.25, 0.3) is 0 Å². The van der Waals surface area contributed by atoms with E-state index in [2.05, 4.69) is 20.6 Å². The lowest BCUT2D eigenvalue weighted by molar-refractivity contribution is -0.234. The van der Waals surface area contributed by atoms with Gasteiger partial charge in [0, 0.05) is 0 Å². The Bertz CT molecular complexity index is 90.4. The molecule has 0 aromatic rings. The zero-order chi connectivity index (χ0) is 6.41. The van der Waals surface area contributed by atoms with Crippen LogP contribution in [0.3, 0.4) is 0 Å². The van der Waals surface area contributed by atoms with E-state index in [0.29, 0.717) is 0 Å². The SMILES string of the molecule is C=COO[Si](=O)OO. The molecule has 0 aliphatic carbocycles. The maximum Gasteiger partial charge on any atom is 0.844 e. The highest BCUT2D eigenvalue weighted by Gasteiger charge is 2.10. The van der Waals surface area contributed by atoms with Crippen molar-refractivity contribution in [3.8, 4) is 0 Å². The zero-order valence-electron chi connectivity index (χ0n) is 3.86. The van der Waals surface area contributed by atoms with E-state index in [-0.39, 0.29) is 0 Å². The van der Waals surface area contributed by atoms with Crippen molar-refractivity contribution in [1.82, 2.24) is 0 Å². The Labute approximate surface area is 46.9 Å². The number of hydrogen-bond donors (Lipinski definition) is 1. The second-order valence-electron chi connectivity index (χ2n) is 0.688. The summed E-state index contributed by atoms with van der Waals surface area (Å²) < 4.78 is 16.9. The Morgan fingerprint density at radius 2 is 2.38 bits per heavy atom. The van der Waals surface area contributed by atoms with E-state index < -0.39 is 9.17 Å². The summed E-state index contributed by atoms with van der Waals surface area (Å²) in [6, 6.07) is 0. The van der Waals surface area contributed by atoms with E-state index in [1.165, 1.54) is 0 Å². The summed E-state index contributed by atoms with van der Waals surface area (Å²) in [5.41, 5.74) is 0. The third kappa shape index (κ3) is 3.31. The molecule has 0 radical (unpaired) electrons. The molecule has 0 amide bonds. The monoisotopic (exact) mass is 136 g/mol. The van der Waals surface area contributed by atoms with Crippen LogP contribution in [0.15, 0.2) is 12.8 Å². The molecular weight excluding hydrogens is 132 g/mol. The van der Waals surface area contributed by atoms with Gasteiger partial charge in [-0.25, -0.2) is 5.26 Å². The largest absolute Gasteiger partial charge is 0.844 e. The van der Waals surface area contributed by atoms with Crippen LogP contribution >= 0.6 is 0 Å². The molecule has 8 heavy (non-hydrogen) atoms. The minimum absolute atomic E-state index is 0.904. The van der Waals surface area contributed by atoms with E-state index in [0.717, 1.165) is 6.26 Å². The third-order valence-electron chi connectivity index (χ3n) is 0.259. The van der Waals surface area contributed by atoms with Gasteiger partial charge in [-0.1, -0.05) is 6.58 Å². The fraction of sp³-hybridized carbons (Fsp3) is 0. The van der Waals surface area contributed by atoms with Crippen LogP contribution in [0.5, 0.6) is 0 Å². The summed E-state index contributed by atoms with van der Waals surface area (Å²) in [6.45, 7) is 3.06. The zero-order valence-corrected chi connectivity index (χ0v) is 4.86. The van der Waals surface area contributed by atoms with Gasteiger partial charge in [0.2, 0.25) is 0 Å². The summed E-state index contributed by atoms with van der Waals surface area (Å²) in [5.74, 6) is 0. The molecule has 0 atom stereocenters. The lowest BCUT2D eigenvalue weighted by atomic mass is 11.2. The molecule has 0 saturated heterocycles. The second kappa shape index (κ2) is 4.28. The maximum absolute atomic E-state index is 9.89. The Morgan fingerprint density at radius 1 is 1.75 bits per heavy atom. The van der Waals surface area contributed by atoms with Crippen molar-refractivity contribution >= 4 is 9.17 Å². The van der Waals surface area contributed by atoms with Gasteiger partial charge in [0.05, 0.1) is 0 Å². The first kappa shape index (κ1) is 7.12. The molecule has 0 unspecified atom stereocenters. The molecule has 0 bridgehead atoms. The van der Waals surface area contributed by atoms with E-state index in [1.807, 2.05) is 0 Å². The molecule has 0 saturated carbocycles. The van der Waals surface area contributed by atoms with Crippen molar-refractivity contribution in [1.29, 1.82) is 0 Å². The Hall–Kier alpha value is -0.883. The van der Waals surface area contributed by atoms with Crippen LogP contribution in [-0.4, -0.2) is 14.4 Å². The lowest BCUT2D eigenvalue weighted by Gasteiger charge is -1.92. The Balaban J connectivity index is 3.11.